The molecule has 0 bridgehead atoms. The van der Waals surface area contributed by atoms with Crippen LogP contribution in [0, 0.1) is 12.8 Å². The van der Waals surface area contributed by atoms with E-state index in [1.165, 1.54) is 17.8 Å². The molecule has 3 unspecified atom stereocenters. The van der Waals surface area contributed by atoms with Crippen LogP contribution in [-0.4, -0.2) is 35.1 Å². The van der Waals surface area contributed by atoms with Crippen molar-refractivity contribution in [1.82, 2.24) is 15.2 Å². The van der Waals surface area contributed by atoms with E-state index >= 15 is 0 Å². The summed E-state index contributed by atoms with van der Waals surface area (Å²) in [6.07, 6.45) is 2.46. The minimum atomic E-state index is 0.640. The molecule has 0 aromatic carbocycles. The van der Waals surface area contributed by atoms with E-state index in [1.807, 2.05) is 0 Å². The van der Waals surface area contributed by atoms with Gasteiger partial charge >= 0.3 is 0 Å². The Morgan fingerprint density at radius 2 is 2.32 bits per heavy atom. The zero-order chi connectivity index (χ0) is 13.8. The van der Waals surface area contributed by atoms with Crippen molar-refractivity contribution in [3.8, 4) is 0 Å². The van der Waals surface area contributed by atoms with Gasteiger partial charge in [0, 0.05) is 36.2 Å². The van der Waals surface area contributed by atoms with Crippen molar-refractivity contribution in [3.63, 3.8) is 0 Å². The molecule has 1 aromatic rings. The standard InChI is InChI=1S/C15H27N3S/c1-5-11(3)14-7-16-13(6-2)8-18(14)9-15-17-12(4)10-19-15/h10-11,13-14,16H,5-9H2,1-4H3. The monoisotopic (exact) mass is 281 g/mol. The lowest BCUT2D eigenvalue weighted by molar-refractivity contribution is 0.0832. The van der Waals surface area contributed by atoms with Gasteiger partial charge in [0.1, 0.15) is 5.01 Å². The Morgan fingerprint density at radius 3 is 2.89 bits per heavy atom. The maximum absolute atomic E-state index is 4.63. The van der Waals surface area contributed by atoms with E-state index in [2.05, 4.69) is 48.3 Å². The van der Waals surface area contributed by atoms with Gasteiger partial charge in [-0.3, -0.25) is 4.90 Å². The number of rotatable bonds is 5. The van der Waals surface area contributed by atoms with Crippen LogP contribution in [0.5, 0.6) is 0 Å². The summed E-state index contributed by atoms with van der Waals surface area (Å²) in [4.78, 5) is 7.28. The van der Waals surface area contributed by atoms with Gasteiger partial charge in [-0.25, -0.2) is 4.98 Å². The van der Waals surface area contributed by atoms with Crippen molar-refractivity contribution < 1.29 is 0 Å². The Kier molecular flexibility index (Phi) is 5.37. The molecule has 0 radical (unpaired) electrons. The van der Waals surface area contributed by atoms with Gasteiger partial charge in [-0.15, -0.1) is 11.3 Å². The molecule has 3 nitrogen and oxygen atoms in total. The highest BCUT2D eigenvalue weighted by molar-refractivity contribution is 7.09. The largest absolute Gasteiger partial charge is 0.311 e. The van der Waals surface area contributed by atoms with E-state index in [4.69, 9.17) is 0 Å². The zero-order valence-corrected chi connectivity index (χ0v) is 13.5. The third-order valence-electron chi connectivity index (χ3n) is 4.34. The molecule has 1 aliphatic heterocycles. The second-order valence-electron chi connectivity index (χ2n) is 5.78. The van der Waals surface area contributed by atoms with Crippen LogP contribution in [0.1, 0.15) is 44.3 Å². The lowest BCUT2D eigenvalue weighted by atomic mass is 9.94. The molecule has 108 valence electrons. The van der Waals surface area contributed by atoms with Crippen LogP contribution in [0.25, 0.3) is 0 Å². The van der Waals surface area contributed by atoms with Crippen molar-refractivity contribution in [2.75, 3.05) is 13.1 Å². The summed E-state index contributed by atoms with van der Waals surface area (Å²) in [6, 6.07) is 1.29. The highest BCUT2D eigenvalue weighted by Gasteiger charge is 2.30. The Balaban J connectivity index is 2.06. The molecule has 1 fully saturated rings. The molecule has 19 heavy (non-hydrogen) atoms. The molecule has 4 heteroatoms. The molecular formula is C15H27N3S. The lowest BCUT2D eigenvalue weighted by Gasteiger charge is -2.42. The second kappa shape index (κ2) is 6.82. The molecular weight excluding hydrogens is 254 g/mol. The molecule has 2 heterocycles. The molecule has 0 amide bonds. The van der Waals surface area contributed by atoms with Crippen LogP contribution in [0.3, 0.4) is 0 Å². The van der Waals surface area contributed by atoms with Gasteiger partial charge < -0.3 is 5.32 Å². The number of aryl methyl sites for hydroxylation is 1. The molecule has 1 N–H and O–H groups in total. The van der Waals surface area contributed by atoms with Gasteiger partial charge in [-0.1, -0.05) is 27.2 Å². The minimum absolute atomic E-state index is 0.640. The second-order valence-corrected chi connectivity index (χ2v) is 6.72. The molecule has 2 rings (SSSR count). The number of thiazole rings is 1. The summed E-state index contributed by atoms with van der Waals surface area (Å²) in [7, 11) is 0. The summed E-state index contributed by atoms with van der Waals surface area (Å²) in [5.41, 5.74) is 1.15. The predicted molar refractivity (Wildman–Crippen MR) is 82.6 cm³/mol. The minimum Gasteiger partial charge on any atom is -0.311 e. The Morgan fingerprint density at radius 1 is 1.53 bits per heavy atom. The van der Waals surface area contributed by atoms with Gasteiger partial charge in [-0.05, 0) is 19.3 Å². The summed E-state index contributed by atoms with van der Waals surface area (Å²) >= 11 is 1.80. The van der Waals surface area contributed by atoms with Crippen molar-refractivity contribution in [2.45, 2.75) is 59.2 Å². The topological polar surface area (TPSA) is 28.2 Å². The Labute approximate surface area is 121 Å². The molecule has 1 aromatic heterocycles. The van der Waals surface area contributed by atoms with Crippen molar-refractivity contribution in [3.05, 3.63) is 16.1 Å². The normalized spacial score (nSPS) is 26.5. The SMILES string of the molecule is CCC1CN(Cc2nc(C)cs2)C(C(C)CC)CN1. The van der Waals surface area contributed by atoms with Gasteiger partial charge in [-0.2, -0.15) is 0 Å². The van der Waals surface area contributed by atoms with Crippen LogP contribution in [0.15, 0.2) is 5.38 Å². The Bertz CT molecular complexity index is 390. The fourth-order valence-electron chi connectivity index (χ4n) is 2.84. The van der Waals surface area contributed by atoms with Crippen molar-refractivity contribution in [2.24, 2.45) is 5.92 Å². The first-order valence-electron chi connectivity index (χ1n) is 7.52. The highest BCUT2D eigenvalue weighted by Crippen LogP contribution is 2.22. The molecule has 0 spiro atoms. The maximum atomic E-state index is 4.63. The quantitative estimate of drug-likeness (QED) is 0.899. The molecule has 3 atom stereocenters. The number of nitrogens with zero attached hydrogens (tertiary/aromatic N) is 2. The van der Waals surface area contributed by atoms with Crippen LogP contribution < -0.4 is 5.32 Å². The van der Waals surface area contributed by atoms with E-state index in [0.29, 0.717) is 12.1 Å². The van der Waals surface area contributed by atoms with E-state index in [9.17, 15) is 0 Å². The molecule has 1 aliphatic rings. The predicted octanol–water partition coefficient (Wildman–Crippen LogP) is 3.05. The maximum Gasteiger partial charge on any atom is 0.107 e. The number of nitrogens with one attached hydrogen (secondary N) is 1. The van der Waals surface area contributed by atoms with E-state index in [1.54, 1.807) is 11.3 Å². The van der Waals surface area contributed by atoms with Crippen molar-refractivity contribution in [1.29, 1.82) is 0 Å². The van der Waals surface area contributed by atoms with Gasteiger partial charge in [0.15, 0.2) is 0 Å². The fraction of sp³-hybridized carbons (Fsp3) is 0.800. The average molecular weight is 281 g/mol. The molecule has 0 saturated carbocycles. The summed E-state index contributed by atoms with van der Waals surface area (Å²) < 4.78 is 0. The number of piperazine rings is 1. The van der Waals surface area contributed by atoms with Crippen LogP contribution >= 0.6 is 11.3 Å². The average Bonchev–Trinajstić information content (AvgIpc) is 2.83. The first kappa shape index (κ1) is 14.9. The van der Waals surface area contributed by atoms with Gasteiger partial charge in [0.05, 0.1) is 6.54 Å². The summed E-state index contributed by atoms with van der Waals surface area (Å²) in [6.45, 7) is 12.3. The van der Waals surface area contributed by atoms with Crippen LogP contribution in [0.4, 0.5) is 0 Å². The summed E-state index contributed by atoms with van der Waals surface area (Å²) in [5, 5.41) is 7.12. The summed E-state index contributed by atoms with van der Waals surface area (Å²) in [5.74, 6) is 0.742. The smallest absolute Gasteiger partial charge is 0.107 e. The van der Waals surface area contributed by atoms with E-state index < -0.39 is 0 Å². The lowest BCUT2D eigenvalue weighted by Crippen LogP contribution is -2.57. The number of hydrogen-bond donors (Lipinski definition) is 1. The number of hydrogen-bond acceptors (Lipinski definition) is 4. The fourth-order valence-corrected chi connectivity index (χ4v) is 3.63. The third kappa shape index (κ3) is 3.77. The number of aromatic nitrogens is 1. The van der Waals surface area contributed by atoms with Crippen LogP contribution in [-0.2, 0) is 6.54 Å². The van der Waals surface area contributed by atoms with E-state index in [0.717, 1.165) is 31.2 Å². The first-order chi connectivity index (χ1) is 9.13. The molecule has 1 saturated heterocycles. The third-order valence-corrected chi connectivity index (χ3v) is 5.29. The zero-order valence-electron chi connectivity index (χ0n) is 12.6. The Hall–Kier alpha value is -0.450. The molecule has 0 aliphatic carbocycles. The van der Waals surface area contributed by atoms with E-state index in [-0.39, 0.29) is 0 Å². The first-order valence-corrected chi connectivity index (χ1v) is 8.40. The van der Waals surface area contributed by atoms with Crippen molar-refractivity contribution >= 4 is 11.3 Å². The van der Waals surface area contributed by atoms with Gasteiger partial charge in [0.25, 0.3) is 0 Å². The highest BCUT2D eigenvalue weighted by atomic mass is 32.1. The van der Waals surface area contributed by atoms with Crippen LogP contribution in [0.2, 0.25) is 0 Å². The van der Waals surface area contributed by atoms with Gasteiger partial charge in [0.2, 0.25) is 0 Å².